The number of hydrogen-bond acceptors (Lipinski definition) is 6. The van der Waals surface area contributed by atoms with E-state index in [1.807, 2.05) is 0 Å². The molecular weight excluding hydrogens is 312 g/mol. The number of aromatic nitrogens is 3. The van der Waals surface area contributed by atoms with Gasteiger partial charge in [0.1, 0.15) is 11.0 Å². The molecule has 0 unspecified atom stereocenters. The molecule has 1 fully saturated rings. The fourth-order valence-corrected chi connectivity index (χ4v) is 3.15. The lowest BCUT2D eigenvalue weighted by Crippen LogP contribution is -2.45. The van der Waals surface area contributed by atoms with Gasteiger partial charge in [-0.3, -0.25) is 0 Å². The summed E-state index contributed by atoms with van der Waals surface area (Å²) < 4.78 is 0. The second-order valence-electron chi connectivity index (χ2n) is 6.09. The summed E-state index contributed by atoms with van der Waals surface area (Å²) in [6.07, 6.45) is 4.68. The van der Waals surface area contributed by atoms with Crippen LogP contribution in [0.15, 0.2) is 6.20 Å². The molecule has 0 amide bonds. The normalized spacial score (nSPS) is 16.2. The maximum absolute atomic E-state index is 6.28. The van der Waals surface area contributed by atoms with Gasteiger partial charge in [-0.15, -0.1) is 0 Å². The molecule has 2 N–H and O–H groups in total. The molecule has 124 valence electrons. The summed E-state index contributed by atoms with van der Waals surface area (Å²) in [4.78, 5) is 18.0. The summed E-state index contributed by atoms with van der Waals surface area (Å²) >= 11 is 6.28. The van der Waals surface area contributed by atoms with Crippen molar-refractivity contribution in [3.63, 3.8) is 0 Å². The molecule has 3 heterocycles. The number of nitrogen functional groups attached to an aromatic ring is 1. The van der Waals surface area contributed by atoms with Gasteiger partial charge in [0.25, 0.3) is 0 Å². The summed E-state index contributed by atoms with van der Waals surface area (Å²) in [5.41, 5.74) is 8.00. The largest absolute Gasteiger partial charge is 0.383 e. The molecular formula is C16H23ClN6. The third-order valence-electron chi connectivity index (χ3n) is 4.37. The van der Waals surface area contributed by atoms with Crippen LogP contribution in [0.3, 0.4) is 0 Å². The van der Waals surface area contributed by atoms with Gasteiger partial charge in [-0.1, -0.05) is 24.9 Å². The molecule has 1 aliphatic rings. The van der Waals surface area contributed by atoms with Crippen molar-refractivity contribution in [3.8, 4) is 0 Å². The van der Waals surface area contributed by atoms with Crippen molar-refractivity contribution in [2.24, 2.45) is 0 Å². The number of nitrogens with zero attached hydrogens (tertiary/aromatic N) is 5. The highest BCUT2D eigenvalue weighted by Gasteiger charge is 2.19. The zero-order chi connectivity index (χ0) is 16.4. The number of aryl methyl sites for hydroxylation is 1. The average molecular weight is 335 g/mol. The molecule has 7 heteroatoms. The van der Waals surface area contributed by atoms with Crippen LogP contribution in [0.1, 0.15) is 25.3 Å². The Morgan fingerprint density at radius 2 is 1.96 bits per heavy atom. The first-order chi connectivity index (χ1) is 11.1. The van der Waals surface area contributed by atoms with Crippen LogP contribution in [0.2, 0.25) is 5.15 Å². The Bertz CT molecular complexity index is 697. The van der Waals surface area contributed by atoms with Crippen LogP contribution in [-0.2, 0) is 6.42 Å². The molecule has 0 spiro atoms. The number of unbranched alkanes of at least 4 members (excludes halogenated alkanes) is 1. The van der Waals surface area contributed by atoms with E-state index in [0.717, 1.165) is 61.9 Å². The van der Waals surface area contributed by atoms with Crippen LogP contribution in [0.25, 0.3) is 10.9 Å². The molecule has 2 aromatic rings. The standard InChI is InChI=1S/C16H23ClN6/c1-3-4-5-11-13-12(10-19-14(11)17)20-16(21-15(13)18)23-8-6-22(2)7-9-23/h10H,3-9H2,1-2H3,(H2,18,20,21). The van der Waals surface area contributed by atoms with Crippen LogP contribution >= 0.6 is 11.6 Å². The third kappa shape index (κ3) is 3.33. The van der Waals surface area contributed by atoms with Gasteiger partial charge in [-0.25, -0.2) is 9.97 Å². The Morgan fingerprint density at radius 1 is 1.22 bits per heavy atom. The van der Waals surface area contributed by atoms with E-state index < -0.39 is 0 Å². The quantitative estimate of drug-likeness (QED) is 0.865. The number of likely N-dealkylation sites (N-methyl/N-ethyl adjacent to an activating group) is 1. The smallest absolute Gasteiger partial charge is 0.228 e. The summed E-state index contributed by atoms with van der Waals surface area (Å²) in [5, 5.41) is 1.37. The van der Waals surface area contributed by atoms with E-state index in [4.69, 9.17) is 17.3 Å². The number of nitrogens with two attached hydrogens (primary N) is 1. The Balaban J connectivity index is 2.00. The number of halogens is 1. The van der Waals surface area contributed by atoms with Crippen molar-refractivity contribution in [3.05, 3.63) is 16.9 Å². The lowest BCUT2D eigenvalue weighted by Gasteiger charge is -2.32. The van der Waals surface area contributed by atoms with E-state index in [0.29, 0.717) is 16.9 Å². The SMILES string of the molecule is CCCCc1c(Cl)ncc2nc(N3CCN(C)CC3)nc(N)c12. The van der Waals surface area contributed by atoms with Crippen LogP contribution in [0.4, 0.5) is 11.8 Å². The minimum absolute atomic E-state index is 0.499. The summed E-state index contributed by atoms with van der Waals surface area (Å²) in [6.45, 7) is 5.97. The maximum atomic E-state index is 6.28. The molecule has 0 aromatic carbocycles. The molecule has 0 saturated carbocycles. The van der Waals surface area contributed by atoms with Crippen molar-refractivity contribution in [2.45, 2.75) is 26.2 Å². The van der Waals surface area contributed by atoms with Gasteiger partial charge in [0.15, 0.2) is 0 Å². The van der Waals surface area contributed by atoms with Crippen LogP contribution < -0.4 is 10.6 Å². The molecule has 1 saturated heterocycles. The minimum atomic E-state index is 0.499. The summed E-state index contributed by atoms with van der Waals surface area (Å²) in [7, 11) is 2.12. The van der Waals surface area contributed by atoms with Crippen molar-refractivity contribution in [2.75, 3.05) is 43.9 Å². The topological polar surface area (TPSA) is 71.2 Å². The second-order valence-corrected chi connectivity index (χ2v) is 6.45. The van der Waals surface area contributed by atoms with Gasteiger partial charge in [0, 0.05) is 31.7 Å². The molecule has 0 aliphatic carbocycles. The van der Waals surface area contributed by atoms with E-state index in [1.165, 1.54) is 0 Å². The van der Waals surface area contributed by atoms with E-state index in [-0.39, 0.29) is 0 Å². The first kappa shape index (κ1) is 16.2. The van der Waals surface area contributed by atoms with Crippen LogP contribution in [0.5, 0.6) is 0 Å². The van der Waals surface area contributed by atoms with E-state index in [9.17, 15) is 0 Å². The van der Waals surface area contributed by atoms with Crippen molar-refractivity contribution < 1.29 is 0 Å². The fraction of sp³-hybridized carbons (Fsp3) is 0.562. The van der Waals surface area contributed by atoms with Crippen molar-refractivity contribution >= 4 is 34.3 Å². The number of hydrogen-bond donors (Lipinski definition) is 1. The number of piperazine rings is 1. The molecule has 0 bridgehead atoms. The molecule has 3 rings (SSSR count). The Labute approximate surface area is 141 Å². The van der Waals surface area contributed by atoms with Gasteiger partial charge in [-0.05, 0) is 19.9 Å². The van der Waals surface area contributed by atoms with Crippen LogP contribution in [-0.4, -0.2) is 53.1 Å². The molecule has 6 nitrogen and oxygen atoms in total. The van der Waals surface area contributed by atoms with Crippen LogP contribution in [0, 0.1) is 0 Å². The molecule has 0 atom stereocenters. The van der Waals surface area contributed by atoms with E-state index in [2.05, 4.69) is 38.7 Å². The first-order valence-electron chi connectivity index (χ1n) is 8.14. The highest BCUT2D eigenvalue weighted by molar-refractivity contribution is 6.31. The number of pyridine rings is 1. The molecule has 1 aliphatic heterocycles. The number of rotatable bonds is 4. The van der Waals surface area contributed by atoms with E-state index in [1.54, 1.807) is 6.20 Å². The molecule has 0 radical (unpaired) electrons. The van der Waals surface area contributed by atoms with Gasteiger partial charge in [0.05, 0.1) is 17.1 Å². The summed E-state index contributed by atoms with van der Waals surface area (Å²) in [5.74, 6) is 1.19. The number of fused-ring (bicyclic) bond motifs is 1. The molecule has 23 heavy (non-hydrogen) atoms. The Hall–Kier alpha value is -1.66. The van der Waals surface area contributed by atoms with E-state index >= 15 is 0 Å². The molecule has 2 aromatic heterocycles. The minimum Gasteiger partial charge on any atom is -0.383 e. The van der Waals surface area contributed by atoms with Gasteiger partial charge in [0.2, 0.25) is 5.95 Å². The Morgan fingerprint density at radius 3 is 2.65 bits per heavy atom. The number of anilines is 2. The van der Waals surface area contributed by atoms with Crippen molar-refractivity contribution in [1.82, 2.24) is 19.9 Å². The predicted molar refractivity (Wildman–Crippen MR) is 95.1 cm³/mol. The summed E-state index contributed by atoms with van der Waals surface area (Å²) in [6, 6.07) is 0. The van der Waals surface area contributed by atoms with Gasteiger partial charge >= 0.3 is 0 Å². The second kappa shape index (κ2) is 6.84. The van der Waals surface area contributed by atoms with Crippen molar-refractivity contribution in [1.29, 1.82) is 0 Å². The monoisotopic (exact) mass is 334 g/mol. The highest BCUT2D eigenvalue weighted by Crippen LogP contribution is 2.30. The third-order valence-corrected chi connectivity index (χ3v) is 4.70. The Kier molecular flexibility index (Phi) is 4.82. The zero-order valence-electron chi connectivity index (χ0n) is 13.7. The van der Waals surface area contributed by atoms with Gasteiger partial charge in [-0.2, -0.15) is 4.98 Å². The average Bonchev–Trinajstić information content (AvgIpc) is 2.54. The lowest BCUT2D eigenvalue weighted by molar-refractivity contribution is 0.311. The maximum Gasteiger partial charge on any atom is 0.228 e. The highest BCUT2D eigenvalue weighted by atomic mass is 35.5. The first-order valence-corrected chi connectivity index (χ1v) is 8.52. The van der Waals surface area contributed by atoms with Gasteiger partial charge < -0.3 is 15.5 Å². The fourth-order valence-electron chi connectivity index (χ4n) is 2.91. The lowest BCUT2D eigenvalue weighted by atomic mass is 10.1. The predicted octanol–water partition coefficient (Wildman–Crippen LogP) is 2.35. The zero-order valence-corrected chi connectivity index (χ0v) is 14.5.